The fraction of sp³-hybridized carbons (Fsp3) is 0.111. The van der Waals surface area contributed by atoms with Crippen molar-refractivity contribution in [2.24, 2.45) is 0 Å². The predicted octanol–water partition coefficient (Wildman–Crippen LogP) is 3.04. The molecule has 0 aliphatic carbocycles. The monoisotopic (exact) mass is 338 g/mol. The second-order valence-corrected chi connectivity index (χ2v) is 5.25. The maximum absolute atomic E-state index is 13.3. The van der Waals surface area contributed by atoms with Gasteiger partial charge in [-0.25, -0.2) is 14.4 Å². The van der Waals surface area contributed by atoms with Crippen molar-refractivity contribution in [3.8, 4) is 11.6 Å². The molecule has 0 saturated heterocycles. The number of amides is 1. The largest absolute Gasteiger partial charge is 0.439 e. The van der Waals surface area contributed by atoms with Crippen molar-refractivity contribution in [3.63, 3.8) is 0 Å². The normalized spacial score (nSPS) is 10.3. The molecule has 6 nitrogen and oxygen atoms in total. The van der Waals surface area contributed by atoms with Gasteiger partial charge in [0.15, 0.2) is 0 Å². The van der Waals surface area contributed by atoms with Gasteiger partial charge in [0.2, 0.25) is 5.88 Å². The molecular weight excluding hydrogens is 323 g/mol. The summed E-state index contributed by atoms with van der Waals surface area (Å²) in [4.78, 5) is 24.3. The molecule has 0 atom stereocenters. The summed E-state index contributed by atoms with van der Waals surface area (Å²) >= 11 is 0. The van der Waals surface area contributed by atoms with E-state index in [1.54, 1.807) is 37.4 Å². The van der Waals surface area contributed by atoms with Crippen LogP contribution in [0.15, 0.2) is 55.0 Å². The average Bonchev–Trinajstić information content (AvgIpc) is 2.61. The number of nitrogens with zero attached hydrogens (tertiary/aromatic N) is 3. The first-order chi connectivity index (χ1) is 12.1. The van der Waals surface area contributed by atoms with Gasteiger partial charge in [0.1, 0.15) is 17.3 Å². The highest BCUT2D eigenvalue weighted by molar-refractivity contribution is 5.91. The van der Waals surface area contributed by atoms with E-state index in [0.29, 0.717) is 17.2 Å². The van der Waals surface area contributed by atoms with E-state index < -0.39 is 5.82 Å². The van der Waals surface area contributed by atoms with Crippen molar-refractivity contribution in [1.82, 2.24) is 20.3 Å². The number of hydrogen-bond acceptors (Lipinski definition) is 5. The van der Waals surface area contributed by atoms with Crippen LogP contribution in [0.5, 0.6) is 11.6 Å². The third-order valence-corrected chi connectivity index (χ3v) is 3.31. The second-order valence-electron chi connectivity index (χ2n) is 5.25. The van der Waals surface area contributed by atoms with Gasteiger partial charge < -0.3 is 10.1 Å². The summed E-state index contributed by atoms with van der Waals surface area (Å²) in [6.07, 6.45) is 4.50. The van der Waals surface area contributed by atoms with Crippen LogP contribution in [0.25, 0.3) is 0 Å². The Kier molecular flexibility index (Phi) is 4.94. The smallest absolute Gasteiger partial charge is 0.271 e. The fourth-order valence-corrected chi connectivity index (χ4v) is 2.07. The molecule has 1 N–H and O–H groups in total. The quantitative estimate of drug-likeness (QED) is 0.774. The number of nitrogens with one attached hydrogen (secondary N) is 1. The summed E-state index contributed by atoms with van der Waals surface area (Å²) in [5, 5.41) is 2.74. The van der Waals surface area contributed by atoms with Crippen LogP contribution >= 0.6 is 0 Å². The molecule has 7 heteroatoms. The van der Waals surface area contributed by atoms with Crippen molar-refractivity contribution >= 4 is 5.91 Å². The van der Waals surface area contributed by atoms with Crippen LogP contribution in [0.3, 0.4) is 0 Å². The number of pyridine rings is 1. The summed E-state index contributed by atoms with van der Waals surface area (Å²) in [5.41, 5.74) is 1.61. The van der Waals surface area contributed by atoms with E-state index in [0.717, 1.165) is 5.69 Å². The molecule has 0 unspecified atom stereocenters. The third-order valence-electron chi connectivity index (χ3n) is 3.31. The number of hydrogen-bond donors (Lipinski definition) is 1. The Morgan fingerprint density at radius 3 is 2.80 bits per heavy atom. The van der Waals surface area contributed by atoms with E-state index in [9.17, 15) is 9.18 Å². The number of ether oxygens (including phenoxy) is 1. The Morgan fingerprint density at radius 2 is 2.04 bits per heavy atom. The summed E-state index contributed by atoms with van der Waals surface area (Å²) in [5.74, 6) is -0.131. The molecule has 3 rings (SSSR count). The summed E-state index contributed by atoms with van der Waals surface area (Å²) in [6, 6.07) is 9.26. The minimum Gasteiger partial charge on any atom is -0.439 e. The van der Waals surface area contributed by atoms with Crippen molar-refractivity contribution in [3.05, 3.63) is 77.8 Å². The van der Waals surface area contributed by atoms with Crippen LogP contribution < -0.4 is 10.1 Å². The standard InChI is InChI=1S/C18H15FN4O2/c1-12-9-22-16(11-21-12)17(24)23-10-13-4-3-7-20-18(13)25-15-6-2-5-14(19)8-15/h2-9,11H,10H2,1H3,(H,23,24). The van der Waals surface area contributed by atoms with Crippen molar-refractivity contribution in [2.75, 3.05) is 0 Å². The minimum atomic E-state index is -0.402. The highest BCUT2D eigenvalue weighted by Gasteiger charge is 2.11. The Labute approximate surface area is 143 Å². The van der Waals surface area contributed by atoms with E-state index in [1.807, 2.05) is 0 Å². The maximum atomic E-state index is 13.3. The predicted molar refractivity (Wildman–Crippen MR) is 88.7 cm³/mol. The van der Waals surface area contributed by atoms with E-state index in [1.165, 1.54) is 24.5 Å². The molecule has 1 aromatic carbocycles. The lowest BCUT2D eigenvalue weighted by molar-refractivity contribution is 0.0945. The summed E-state index contributed by atoms with van der Waals surface area (Å²) in [7, 11) is 0. The number of carbonyl (C=O) groups is 1. The van der Waals surface area contributed by atoms with Crippen LogP contribution in [-0.2, 0) is 6.54 Å². The first kappa shape index (κ1) is 16.5. The van der Waals surface area contributed by atoms with Gasteiger partial charge in [-0.2, -0.15) is 0 Å². The van der Waals surface area contributed by atoms with Crippen LogP contribution in [-0.4, -0.2) is 20.9 Å². The first-order valence-electron chi connectivity index (χ1n) is 7.56. The van der Waals surface area contributed by atoms with Crippen LogP contribution in [0.4, 0.5) is 4.39 Å². The van der Waals surface area contributed by atoms with Crippen LogP contribution in [0.1, 0.15) is 21.7 Å². The Morgan fingerprint density at radius 1 is 1.16 bits per heavy atom. The topological polar surface area (TPSA) is 77.0 Å². The number of aryl methyl sites for hydroxylation is 1. The molecule has 0 fully saturated rings. The Bertz CT molecular complexity index is 884. The number of benzene rings is 1. The SMILES string of the molecule is Cc1cnc(C(=O)NCc2cccnc2Oc2cccc(F)c2)cn1. The Balaban J connectivity index is 1.70. The molecule has 0 aliphatic rings. The lowest BCUT2D eigenvalue weighted by Gasteiger charge is -2.10. The van der Waals surface area contributed by atoms with E-state index >= 15 is 0 Å². The van der Waals surface area contributed by atoms with Gasteiger partial charge >= 0.3 is 0 Å². The van der Waals surface area contributed by atoms with Crippen molar-refractivity contribution in [1.29, 1.82) is 0 Å². The summed E-state index contributed by atoms with van der Waals surface area (Å²) in [6.45, 7) is 1.98. The Hall–Kier alpha value is -3.35. The molecule has 0 radical (unpaired) electrons. The maximum Gasteiger partial charge on any atom is 0.271 e. The van der Waals surface area contributed by atoms with Gasteiger partial charge in [-0.15, -0.1) is 0 Å². The van der Waals surface area contributed by atoms with Crippen molar-refractivity contribution < 1.29 is 13.9 Å². The second kappa shape index (κ2) is 7.48. The van der Waals surface area contributed by atoms with Gasteiger partial charge in [0, 0.05) is 30.6 Å². The number of aromatic nitrogens is 3. The number of halogens is 1. The zero-order valence-corrected chi connectivity index (χ0v) is 13.4. The van der Waals surface area contributed by atoms with Gasteiger partial charge in [0.05, 0.1) is 11.9 Å². The van der Waals surface area contributed by atoms with Crippen LogP contribution in [0.2, 0.25) is 0 Å². The number of rotatable bonds is 5. The van der Waals surface area contributed by atoms with E-state index in [2.05, 4.69) is 20.3 Å². The molecule has 0 aliphatic heterocycles. The molecule has 3 aromatic rings. The molecular formula is C18H15FN4O2. The van der Waals surface area contributed by atoms with E-state index in [4.69, 9.17) is 4.74 Å². The van der Waals surface area contributed by atoms with Crippen molar-refractivity contribution in [2.45, 2.75) is 13.5 Å². The molecule has 2 aromatic heterocycles. The average molecular weight is 338 g/mol. The molecule has 0 spiro atoms. The van der Waals surface area contributed by atoms with Gasteiger partial charge in [-0.1, -0.05) is 12.1 Å². The highest BCUT2D eigenvalue weighted by Crippen LogP contribution is 2.23. The molecule has 0 bridgehead atoms. The van der Waals surface area contributed by atoms with Gasteiger partial charge in [-0.3, -0.25) is 9.78 Å². The highest BCUT2D eigenvalue weighted by atomic mass is 19.1. The molecule has 0 saturated carbocycles. The minimum absolute atomic E-state index is 0.187. The molecule has 126 valence electrons. The third kappa shape index (κ3) is 4.35. The fourth-order valence-electron chi connectivity index (χ4n) is 2.07. The van der Waals surface area contributed by atoms with E-state index in [-0.39, 0.29) is 18.1 Å². The zero-order chi connectivity index (χ0) is 17.6. The summed E-state index contributed by atoms with van der Waals surface area (Å²) < 4.78 is 18.9. The zero-order valence-electron chi connectivity index (χ0n) is 13.4. The lowest BCUT2D eigenvalue weighted by Crippen LogP contribution is -2.24. The molecule has 1 amide bonds. The van der Waals surface area contributed by atoms with Gasteiger partial charge in [-0.05, 0) is 25.1 Å². The first-order valence-corrected chi connectivity index (χ1v) is 7.56. The lowest BCUT2D eigenvalue weighted by atomic mass is 10.2. The molecule has 2 heterocycles. The van der Waals surface area contributed by atoms with Gasteiger partial charge in [0.25, 0.3) is 5.91 Å². The molecule has 25 heavy (non-hydrogen) atoms. The number of carbonyl (C=O) groups excluding carboxylic acids is 1. The van der Waals surface area contributed by atoms with Crippen LogP contribution in [0, 0.1) is 12.7 Å².